The minimum absolute atomic E-state index is 0.0163. The number of nitrogens with one attached hydrogen (secondary N) is 1. The van der Waals surface area contributed by atoms with E-state index in [0.717, 1.165) is 38.5 Å². The van der Waals surface area contributed by atoms with E-state index < -0.39 is 12.1 Å². The first-order valence-corrected chi connectivity index (χ1v) is 33.5. The Morgan fingerprint density at radius 1 is 0.370 bits per heavy atom. The van der Waals surface area contributed by atoms with Gasteiger partial charge in [-0.05, 0) is 32.1 Å². The Bertz CT molecular complexity index is 1100. The molecule has 2 unspecified atom stereocenters. The fourth-order valence-electron chi connectivity index (χ4n) is 10.7. The zero-order chi connectivity index (χ0) is 52.9. The number of rotatable bonds is 63. The Morgan fingerprint density at radius 2 is 0.630 bits per heavy atom. The molecule has 434 valence electrons. The average molecular weight is 1030 g/mol. The Balaban J connectivity index is 3.39. The van der Waals surface area contributed by atoms with E-state index in [1.54, 1.807) is 6.08 Å². The van der Waals surface area contributed by atoms with Gasteiger partial charge in [-0.25, -0.2) is 0 Å². The summed E-state index contributed by atoms with van der Waals surface area (Å²) in [7, 11) is 0. The molecule has 0 heterocycles. The summed E-state index contributed by atoms with van der Waals surface area (Å²) < 4.78 is 5.50. The number of esters is 1. The molecule has 0 aromatic heterocycles. The van der Waals surface area contributed by atoms with E-state index >= 15 is 0 Å². The lowest BCUT2D eigenvalue weighted by atomic mass is 10.0. The van der Waals surface area contributed by atoms with Gasteiger partial charge in [-0.3, -0.25) is 9.59 Å². The first-order valence-electron chi connectivity index (χ1n) is 33.5. The normalized spacial score (nSPS) is 12.5. The number of aliphatic hydroxyl groups excluding tert-OH is 2. The van der Waals surface area contributed by atoms with Crippen LogP contribution in [-0.2, 0) is 14.3 Å². The van der Waals surface area contributed by atoms with Crippen molar-refractivity contribution in [3.8, 4) is 0 Å². The molecular weight excluding hydrogens is 899 g/mol. The lowest BCUT2D eigenvalue weighted by Gasteiger charge is -2.20. The molecule has 0 aliphatic heterocycles. The van der Waals surface area contributed by atoms with Crippen LogP contribution in [0.3, 0.4) is 0 Å². The second-order valence-electron chi connectivity index (χ2n) is 23.2. The third-order valence-corrected chi connectivity index (χ3v) is 15.8. The molecule has 0 fully saturated rings. The van der Waals surface area contributed by atoms with Gasteiger partial charge >= 0.3 is 5.97 Å². The van der Waals surface area contributed by atoms with E-state index in [0.29, 0.717) is 19.4 Å². The fourth-order valence-corrected chi connectivity index (χ4v) is 10.7. The van der Waals surface area contributed by atoms with Crippen LogP contribution < -0.4 is 5.32 Å². The smallest absolute Gasteiger partial charge is 0.305 e. The maximum atomic E-state index is 12.5. The minimum Gasteiger partial charge on any atom is -0.466 e. The van der Waals surface area contributed by atoms with E-state index in [1.165, 1.54) is 315 Å². The van der Waals surface area contributed by atoms with Gasteiger partial charge in [0.05, 0.1) is 25.4 Å². The second-order valence-corrected chi connectivity index (χ2v) is 23.2. The first kappa shape index (κ1) is 71.6. The molecule has 0 aliphatic carbocycles. The van der Waals surface area contributed by atoms with Crippen molar-refractivity contribution in [1.29, 1.82) is 0 Å². The summed E-state index contributed by atoms with van der Waals surface area (Å²) in [4.78, 5) is 24.6. The molecule has 0 spiro atoms. The largest absolute Gasteiger partial charge is 0.466 e. The van der Waals surface area contributed by atoms with E-state index in [4.69, 9.17) is 4.74 Å². The number of ether oxygens (including phenoxy) is 1. The van der Waals surface area contributed by atoms with Gasteiger partial charge in [0, 0.05) is 12.8 Å². The maximum absolute atomic E-state index is 12.5. The monoisotopic (exact) mass is 1030 g/mol. The molecule has 0 radical (unpaired) electrons. The van der Waals surface area contributed by atoms with Crippen LogP contribution in [0.15, 0.2) is 12.2 Å². The third-order valence-electron chi connectivity index (χ3n) is 15.8. The molecule has 6 nitrogen and oxygen atoms in total. The molecule has 6 heteroatoms. The fraction of sp³-hybridized carbons (Fsp3) is 0.940. The first-order chi connectivity index (χ1) is 36.0. The topological polar surface area (TPSA) is 95.9 Å². The third kappa shape index (κ3) is 59.7. The summed E-state index contributed by atoms with van der Waals surface area (Å²) in [5.41, 5.74) is 0. The predicted octanol–water partition coefficient (Wildman–Crippen LogP) is 21.2. The molecule has 73 heavy (non-hydrogen) atoms. The van der Waals surface area contributed by atoms with Crippen molar-refractivity contribution in [3.63, 3.8) is 0 Å². The predicted molar refractivity (Wildman–Crippen MR) is 320 cm³/mol. The lowest BCUT2D eigenvalue weighted by Crippen LogP contribution is -2.45. The molecule has 0 bridgehead atoms. The molecule has 0 saturated carbocycles. The number of aliphatic hydroxyl groups is 2. The summed E-state index contributed by atoms with van der Waals surface area (Å²) in [6.45, 7) is 4.94. The van der Waals surface area contributed by atoms with Gasteiger partial charge in [-0.1, -0.05) is 347 Å². The second kappa shape index (κ2) is 63.1. The standard InChI is InChI=1S/C67H131NO5/c1-3-5-7-9-11-13-15-17-19-21-28-31-35-39-43-47-51-55-59-65(70)64(63-69)68-66(71)60-56-52-48-44-40-36-32-29-25-23-22-24-26-30-34-38-42-46-50-54-58-62-73-67(72)61-57-53-49-45-41-37-33-27-20-18-16-14-12-10-8-6-4-2/h55,59,64-65,69-70H,3-54,56-58,60-63H2,1-2H3,(H,68,71)/b59-55+. The SMILES string of the molecule is CCCCCCCCCCCCCCCCCC/C=C/C(O)C(CO)NC(=O)CCCCCCCCCCCCCCCCCCCCCCCOC(=O)CCCCCCCCCCCCCCCCCCC. The van der Waals surface area contributed by atoms with E-state index in [-0.39, 0.29) is 18.5 Å². The van der Waals surface area contributed by atoms with Crippen molar-refractivity contribution < 1.29 is 24.5 Å². The van der Waals surface area contributed by atoms with Gasteiger partial charge in [0.1, 0.15) is 0 Å². The Kier molecular flexibility index (Phi) is 61.9. The molecule has 1 amide bonds. The molecular formula is C67H131NO5. The summed E-state index contributed by atoms with van der Waals surface area (Å²) in [5, 5.41) is 23.2. The van der Waals surface area contributed by atoms with E-state index in [2.05, 4.69) is 19.2 Å². The van der Waals surface area contributed by atoms with Crippen LogP contribution in [0.1, 0.15) is 380 Å². The summed E-state index contributed by atoms with van der Waals surface area (Å²) in [6, 6.07) is -0.628. The van der Waals surface area contributed by atoms with Crippen LogP contribution in [0, 0.1) is 0 Å². The summed E-state index contributed by atoms with van der Waals surface area (Å²) in [6.07, 6.45) is 76.9. The average Bonchev–Trinajstić information content (AvgIpc) is 3.39. The highest BCUT2D eigenvalue weighted by Crippen LogP contribution is 2.19. The Labute approximate surface area is 457 Å². The van der Waals surface area contributed by atoms with Gasteiger partial charge in [0.2, 0.25) is 5.91 Å². The van der Waals surface area contributed by atoms with E-state index in [9.17, 15) is 19.8 Å². The number of hydrogen-bond donors (Lipinski definition) is 3. The van der Waals surface area contributed by atoms with Crippen molar-refractivity contribution in [1.82, 2.24) is 5.32 Å². The molecule has 0 aliphatic rings. The van der Waals surface area contributed by atoms with Crippen molar-refractivity contribution in [2.75, 3.05) is 13.2 Å². The Morgan fingerprint density at radius 3 is 0.932 bits per heavy atom. The molecule has 0 aromatic rings. The highest BCUT2D eigenvalue weighted by Gasteiger charge is 2.18. The highest BCUT2D eigenvalue weighted by atomic mass is 16.5. The van der Waals surface area contributed by atoms with Gasteiger partial charge < -0.3 is 20.3 Å². The van der Waals surface area contributed by atoms with Crippen molar-refractivity contribution in [2.24, 2.45) is 0 Å². The van der Waals surface area contributed by atoms with Gasteiger partial charge in [-0.2, -0.15) is 0 Å². The highest BCUT2D eigenvalue weighted by molar-refractivity contribution is 5.76. The van der Waals surface area contributed by atoms with Crippen molar-refractivity contribution in [2.45, 2.75) is 392 Å². The van der Waals surface area contributed by atoms with Gasteiger partial charge in [0.15, 0.2) is 0 Å². The zero-order valence-electron chi connectivity index (χ0n) is 49.6. The quantitative estimate of drug-likeness (QED) is 0.0320. The van der Waals surface area contributed by atoms with Crippen LogP contribution >= 0.6 is 0 Å². The van der Waals surface area contributed by atoms with Crippen molar-refractivity contribution >= 4 is 11.9 Å². The molecule has 3 N–H and O–H groups in total. The molecule has 0 rings (SSSR count). The number of allylic oxidation sites excluding steroid dienone is 1. The molecule has 0 aromatic carbocycles. The minimum atomic E-state index is -0.845. The van der Waals surface area contributed by atoms with Crippen LogP contribution in [0.4, 0.5) is 0 Å². The molecule has 2 atom stereocenters. The Hall–Kier alpha value is -1.40. The van der Waals surface area contributed by atoms with Crippen LogP contribution in [0.5, 0.6) is 0 Å². The number of carbonyl (C=O) groups is 2. The number of unbranched alkanes of at least 4 members (excludes halogenated alkanes) is 52. The van der Waals surface area contributed by atoms with Crippen LogP contribution in [0.2, 0.25) is 0 Å². The molecule has 0 saturated heterocycles. The maximum Gasteiger partial charge on any atom is 0.305 e. The zero-order valence-corrected chi connectivity index (χ0v) is 49.6. The van der Waals surface area contributed by atoms with Gasteiger partial charge in [0.25, 0.3) is 0 Å². The van der Waals surface area contributed by atoms with Gasteiger partial charge in [-0.15, -0.1) is 0 Å². The van der Waals surface area contributed by atoms with Crippen LogP contribution in [0.25, 0.3) is 0 Å². The number of carbonyl (C=O) groups excluding carboxylic acids is 2. The van der Waals surface area contributed by atoms with Crippen LogP contribution in [-0.4, -0.2) is 47.4 Å². The summed E-state index contributed by atoms with van der Waals surface area (Å²) >= 11 is 0. The summed E-state index contributed by atoms with van der Waals surface area (Å²) in [5.74, 6) is -0.0489. The van der Waals surface area contributed by atoms with E-state index in [1.807, 2.05) is 6.08 Å². The number of hydrogen-bond acceptors (Lipinski definition) is 5. The van der Waals surface area contributed by atoms with Crippen molar-refractivity contribution in [3.05, 3.63) is 12.2 Å². The lowest BCUT2D eigenvalue weighted by molar-refractivity contribution is -0.143. The number of amides is 1.